The van der Waals surface area contributed by atoms with E-state index in [4.69, 9.17) is 20.8 Å². The molecule has 0 aliphatic carbocycles. The van der Waals surface area contributed by atoms with Gasteiger partial charge in [-0.15, -0.1) is 0 Å². The first kappa shape index (κ1) is 23.6. The molecule has 0 bridgehead atoms. The quantitative estimate of drug-likeness (QED) is 0.252. The van der Waals surface area contributed by atoms with Crippen molar-refractivity contribution in [2.24, 2.45) is 0 Å². The zero-order chi connectivity index (χ0) is 24.6. The van der Waals surface area contributed by atoms with Gasteiger partial charge in [-0.3, -0.25) is 14.5 Å². The molecule has 1 aliphatic rings. The van der Waals surface area contributed by atoms with Crippen molar-refractivity contribution in [3.8, 4) is 5.75 Å². The van der Waals surface area contributed by atoms with Gasteiger partial charge >= 0.3 is 0 Å². The fraction of sp³-hybridized carbons (Fsp3) is 0.259. The lowest BCUT2D eigenvalue weighted by Crippen LogP contribution is -2.30. The molecule has 1 fully saturated rings. The first-order valence-electron chi connectivity index (χ1n) is 11.1. The van der Waals surface area contributed by atoms with Crippen molar-refractivity contribution in [2.75, 3.05) is 11.5 Å². The Morgan fingerprint density at radius 2 is 1.94 bits per heavy atom. The molecule has 1 amide bonds. The van der Waals surface area contributed by atoms with Crippen LogP contribution in [0.15, 0.2) is 64.8 Å². The van der Waals surface area contributed by atoms with Crippen LogP contribution in [0.5, 0.6) is 5.75 Å². The average Bonchev–Trinajstić information content (AvgIpc) is 3.43. The second-order valence-electron chi connectivity index (χ2n) is 8.41. The number of aliphatic hydroxyl groups excluding tert-OH is 1. The van der Waals surface area contributed by atoms with Crippen LogP contribution in [0.25, 0.3) is 5.76 Å². The van der Waals surface area contributed by atoms with Crippen LogP contribution in [0.3, 0.4) is 0 Å². The summed E-state index contributed by atoms with van der Waals surface area (Å²) < 4.78 is 11.3. The molecule has 3 aromatic rings. The third-order valence-electron chi connectivity index (χ3n) is 5.96. The molecule has 1 unspecified atom stereocenters. The minimum atomic E-state index is -0.943. The third-order valence-corrected chi connectivity index (χ3v) is 6.37. The second kappa shape index (κ2) is 9.39. The molecule has 6 nitrogen and oxygen atoms in total. The van der Waals surface area contributed by atoms with Gasteiger partial charge in [-0.05, 0) is 73.4 Å². The number of ether oxygens (including phenoxy) is 1. The predicted molar refractivity (Wildman–Crippen MR) is 131 cm³/mol. The lowest BCUT2D eigenvalue weighted by Gasteiger charge is -2.25. The van der Waals surface area contributed by atoms with Crippen molar-refractivity contribution in [3.63, 3.8) is 0 Å². The Kier molecular flexibility index (Phi) is 6.53. The number of benzene rings is 2. The third kappa shape index (κ3) is 3.99. The number of hydrogen-bond acceptors (Lipinski definition) is 5. The number of Topliss-reactive ketones (excluding diaryl/α,β-unsaturated/α-hetero) is 1. The zero-order valence-corrected chi connectivity index (χ0v) is 20.2. The summed E-state index contributed by atoms with van der Waals surface area (Å²) in [6.45, 7) is 8.22. The number of anilines is 1. The summed E-state index contributed by atoms with van der Waals surface area (Å²) in [5, 5.41) is 11.8. The number of carbonyl (C=O) groups is 2. The molecule has 2 heterocycles. The van der Waals surface area contributed by atoms with E-state index in [-0.39, 0.29) is 17.3 Å². The normalized spacial score (nSPS) is 17.6. The second-order valence-corrected chi connectivity index (χ2v) is 8.82. The minimum Gasteiger partial charge on any atom is -0.507 e. The summed E-state index contributed by atoms with van der Waals surface area (Å²) in [7, 11) is 0. The van der Waals surface area contributed by atoms with Crippen molar-refractivity contribution < 1.29 is 23.8 Å². The van der Waals surface area contributed by atoms with Gasteiger partial charge in [-0.25, -0.2) is 0 Å². The van der Waals surface area contributed by atoms with Crippen LogP contribution in [0.2, 0.25) is 5.02 Å². The van der Waals surface area contributed by atoms with Gasteiger partial charge in [-0.2, -0.15) is 0 Å². The Bertz CT molecular complexity index is 1280. The molecule has 1 saturated heterocycles. The molecule has 7 heteroatoms. The maximum atomic E-state index is 13.3. The van der Waals surface area contributed by atoms with Crippen molar-refractivity contribution in [1.29, 1.82) is 0 Å². The largest absolute Gasteiger partial charge is 0.507 e. The van der Waals surface area contributed by atoms with E-state index in [0.717, 1.165) is 5.56 Å². The molecule has 4 rings (SSSR count). The number of carbonyl (C=O) groups excluding carboxylic acids is 2. The van der Waals surface area contributed by atoms with Gasteiger partial charge in [0.25, 0.3) is 11.7 Å². The molecule has 1 N–H and O–H groups in total. The molecule has 176 valence electrons. The van der Waals surface area contributed by atoms with E-state index in [1.807, 2.05) is 20.8 Å². The van der Waals surface area contributed by atoms with Crippen molar-refractivity contribution in [2.45, 2.75) is 39.7 Å². The number of halogens is 1. The van der Waals surface area contributed by atoms with E-state index in [9.17, 15) is 14.7 Å². The summed E-state index contributed by atoms with van der Waals surface area (Å²) in [5.74, 6) is -0.637. The number of hydrogen-bond donors (Lipinski definition) is 1. The first-order chi connectivity index (χ1) is 16.3. The zero-order valence-electron chi connectivity index (χ0n) is 19.5. The van der Waals surface area contributed by atoms with Gasteiger partial charge in [0.2, 0.25) is 0 Å². The lowest BCUT2D eigenvalue weighted by molar-refractivity contribution is -0.132. The summed E-state index contributed by atoms with van der Waals surface area (Å²) in [4.78, 5) is 27.9. The molecule has 1 aliphatic heterocycles. The van der Waals surface area contributed by atoms with Crippen LogP contribution >= 0.6 is 11.6 Å². The van der Waals surface area contributed by atoms with Gasteiger partial charge in [0.05, 0.1) is 18.4 Å². The highest BCUT2D eigenvalue weighted by Gasteiger charge is 2.48. The van der Waals surface area contributed by atoms with E-state index in [2.05, 4.69) is 0 Å². The van der Waals surface area contributed by atoms with Crippen molar-refractivity contribution in [1.82, 2.24) is 0 Å². The average molecular weight is 480 g/mol. The topological polar surface area (TPSA) is 80.0 Å². The van der Waals surface area contributed by atoms with E-state index in [1.165, 1.54) is 11.2 Å². The van der Waals surface area contributed by atoms with Gasteiger partial charge in [0.1, 0.15) is 23.3 Å². The standard InChI is InChI=1S/C27H26ClNO5/c1-5-33-21-12-11-17(14-18(21)15(2)3)25(30)23-24(22-10-7-13-34-22)29(27(32)26(23)31)20-9-6-8-19(28)16(20)4/h6-15,24,30H,5H2,1-4H3/b25-23-. The molecule has 2 aromatic carbocycles. The number of nitrogens with zero attached hydrogens (tertiary/aromatic N) is 1. The first-order valence-corrected chi connectivity index (χ1v) is 11.5. The summed E-state index contributed by atoms with van der Waals surface area (Å²) >= 11 is 6.31. The van der Waals surface area contributed by atoms with Gasteiger partial charge < -0.3 is 14.3 Å². The molecule has 1 atom stereocenters. The Labute approximate surface area is 203 Å². The Morgan fingerprint density at radius 3 is 2.59 bits per heavy atom. The van der Waals surface area contributed by atoms with Crippen LogP contribution in [0.1, 0.15) is 55.2 Å². The van der Waals surface area contributed by atoms with Crippen LogP contribution < -0.4 is 9.64 Å². The fourth-order valence-corrected chi connectivity index (χ4v) is 4.41. The van der Waals surface area contributed by atoms with E-state index < -0.39 is 17.7 Å². The van der Waals surface area contributed by atoms with Gasteiger partial charge in [0, 0.05) is 16.3 Å². The molecule has 0 spiro atoms. The molecule has 1 aromatic heterocycles. The van der Waals surface area contributed by atoms with Crippen LogP contribution in [0.4, 0.5) is 5.69 Å². The highest BCUT2D eigenvalue weighted by molar-refractivity contribution is 6.52. The summed E-state index contributed by atoms with van der Waals surface area (Å²) in [5.41, 5.74) is 2.39. The van der Waals surface area contributed by atoms with Crippen LogP contribution in [-0.2, 0) is 9.59 Å². The lowest BCUT2D eigenvalue weighted by atomic mass is 9.95. The minimum absolute atomic E-state index is 0.0433. The molecule has 0 saturated carbocycles. The van der Waals surface area contributed by atoms with Crippen LogP contribution in [0, 0.1) is 6.92 Å². The number of ketones is 1. The van der Waals surface area contributed by atoms with E-state index in [1.54, 1.807) is 55.5 Å². The van der Waals surface area contributed by atoms with Crippen LogP contribution in [-0.4, -0.2) is 23.4 Å². The fourth-order valence-electron chi connectivity index (χ4n) is 4.24. The smallest absolute Gasteiger partial charge is 0.300 e. The van der Waals surface area contributed by atoms with E-state index in [0.29, 0.717) is 40.0 Å². The highest BCUT2D eigenvalue weighted by atomic mass is 35.5. The SMILES string of the molecule is CCOc1ccc(/C(O)=C2/C(=O)C(=O)N(c3cccc(Cl)c3C)C2c2ccco2)cc1C(C)C. The number of amides is 1. The molecular weight excluding hydrogens is 454 g/mol. The maximum absolute atomic E-state index is 13.3. The highest BCUT2D eigenvalue weighted by Crippen LogP contribution is 2.44. The summed E-state index contributed by atoms with van der Waals surface area (Å²) in [6.07, 6.45) is 1.47. The Morgan fingerprint density at radius 1 is 1.18 bits per heavy atom. The Hall–Kier alpha value is -3.51. The molecule has 34 heavy (non-hydrogen) atoms. The number of aliphatic hydroxyl groups is 1. The maximum Gasteiger partial charge on any atom is 0.300 e. The van der Waals surface area contributed by atoms with Crippen molar-refractivity contribution in [3.05, 3.63) is 87.8 Å². The predicted octanol–water partition coefficient (Wildman–Crippen LogP) is 6.39. The number of furan rings is 1. The Balaban J connectivity index is 1.93. The van der Waals surface area contributed by atoms with E-state index >= 15 is 0 Å². The molecule has 0 radical (unpaired) electrons. The monoisotopic (exact) mass is 479 g/mol. The number of rotatable bonds is 6. The van der Waals surface area contributed by atoms with Crippen molar-refractivity contribution >= 4 is 34.7 Å². The molecular formula is C27H26ClNO5. The van der Waals surface area contributed by atoms with Gasteiger partial charge in [-0.1, -0.05) is 31.5 Å². The summed E-state index contributed by atoms with van der Waals surface area (Å²) in [6, 6.07) is 12.8. The van der Waals surface area contributed by atoms with Gasteiger partial charge in [0.15, 0.2) is 0 Å².